The summed E-state index contributed by atoms with van der Waals surface area (Å²) in [7, 11) is -1.32. The first-order chi connectivity index (χ1) is 12.6. The van der Waals surface area contributed by atoms with Gasteiger partial charge in [0.1, 0.15) is 6.26 Å². The minimum absolute atomic E-state index is 0.0515. The molecule has 0 radical (unpaired) electrons. The Balaban J connectivity index is 2.17. The third kappa shape index (κ3) is 5.06. The van der Waals surface area contributed by atoms with Gasteiger partial charge < -0.3 is 9.73 Å². The van der Waals surface area contributed by atoms with Crippen molar-refractivity contribution in [1.29, 1.82) is 5.26 Å². The van der Waals surface area contributed by atoms with Crippen molar-refractivity contribution in [3.63, 3.8) is 0 Å². The molecule has 1 heterocycles. The van der Waals surface area contributed by atoms with Crippen molar-refractivity contribution < 1.29 is 17.6 Å². The van der Waals surface area contributed by atoms with E-state index in [0.29, 0.717) is 12.1 Å². The lowest BCUT2D eigenvalue weighted by atomic mass is 9.96. The number of aryl methyl sites for hydroxylation is 1. The van der Waals surface area contributed by atoms with Gasteiger partial charge in [0.25, 0.3) is 11.9 Å². The highest BCUT2D eigenvalue weighted by Gasteiger charge is 2.21. The van der Waals surface area contributed by atoms with Crippen molar-refractivity contribution in [2.75, 3.05) is 19.4 Å². The van der Waals surface area contributed by atoms with E-state index in [1.807, 2.05) is 36.8 Å². The smallest absolute Gasteiger partial charge is 0.303 e. The van der Waals surface area contributed by atoms with Crippen LogP contribution in [0.2, 0.25) is 0 Å². The molecule has 0 aliphatic heterocycles. The average Bonchev–Trinajstić information content (AvgIpc) is 3.05. The molecule has 2 N–H and O–H groups in total. The number of nitrogens with one attached hydrogen (secondary N) is 2. The quantitative estimate of drug-likeness (QED) is 0.741. The Morgan fingerprint density at radius 3 is 2.74 bits per heavy atom. The Kier molecular flexibility index (Phi) is 6.20. The summed E-state index contributed by atoms with van der Waals surface area (Å²) in [6.45, 7) is 3.84. The zero-order chi connectivity index (χ0) is 20.2. The number of aromatic nitrogens is 1. The first-order valence-corrected chi connectivity index (χ1v) is 9.52. The number of hydrogen-bond acceptors (Lipinski definition) is 7. The normalized spacial score (nSPS) is 12.4. The maximum Gasteiger partial charge on any atom is 0.303 e. The maximum absolute atomic E-state index is 12.0. The second kappa shape index (κ2) is 8.20. The summed E-state index contributed by atoms with van der Waals surface area (Å²) in [6, 6.07) is 7.94. The summed E-state index contributed by atoms with van der Waals surface area (Å²) >= 11 is 0. The predicted octanol–water partition coefficient (Wildman–Crippen LogP) is 2.28. The van der Waals surface area contributed by atoms with Crippen molar-refractivity contribution in [3.8, 4) is 6.07 Å². The number of hydrogen-bond donors (Lipinski definition) is 2. The molecule has 1 unspecified atom stereocenters. The molecule has 1 amide bonds. The molecule has 1 aromatic heterocycles. The Morgan fingerprint density at radius 1 is 1.41 bits per heavy atom. The summed E-state index contributed by atoms with van der Waals surface area (Å²) in [5.74, 6) is -0.827. The second-order valence-corrected chi connectivity index (χ2v) is 8.10. The van der Waals surface area contributed by atoms with Gasteiger partial charge in [0, 0.05) is 26.2 Å². The fourth-order valence-electron chi connectivity index (χ4n) is 2.15. The zero-order valence-electron chi connectivity index (χ0n) is 15.5. The van der Waals surface area contributed by atoms with Crippen LogP contribution in [0.15, 0.2) is 28.9 Å². The lowest BCUT2D eigenvalue weighted by molar-refractivity contribution is 0.0975. The number of amides is 1. The van der Waals surface area contributed by atoms with Gasteiger partial charge in [0.05, 0.1) is 6.07 Å². The van der Waals surface area contributed by atoms with Gasteiger partial charge in [-0.2, -0.15) is 23.0 Å². The Bertz CT molecular complexity index is 975. The second-order valence-electron chi connectivity index (χ2n) is 6.22. The Hall–Kier alpha value is -2.90. The summed E-state index contributed by atoms with van der Waals surface area (Å²) in [5, 5.41) is 11.8. The third-order valence-electron chi connectivity index (χ3n) is 3.91. The van der Waals surface area contributed by atoms with Crippen LogP contribution in [0.3, 0.4) is 0 Å². The standard InChI is InChI=1S/C17H21N5O4S/c1-11(7-8-18)13-6-5-12(2)14(9-13)19-17-20-15(10-26-17)16(23)21-27(24,25)22(3)4/h5-6,9-11H,7H2,1-4H3,(H,19,20)(H,21,23). The molecule has 0 aliphatic rings. The topological polar surface area (TPSA) is 128 Å². The molecule has 144 valence electrons. The van der Waals surface area contributed by atoms with Crippen LogP contribution in [0.1, 0.15) is 40.9 Å². The van der Waals surface area contributed by atoms with Gasteiger partial charge in [-0.05, 0) is 30.0 Å². The highest BCUT2D eigenvalue weighted by Crippen LogP contribution is 2.26. The molecule has 9 nitrogen and oxygen atoms in total. The fraction of sp³-hybridized carbons (Fsp3) is 0.353. The van der Waals surface area contributed by atoms with Crippen molar-refractivity contribution in [3.05, 3.63) is 41.3 Å². The lowest BCUT2D eigenvalue weighted by Crippen LogP contribution is -2.39. The summed E-state index contributed by atoms with van der Waals surface area (Å²) in [4.78, 5) is 16.0. The predicted molar refractivity (Wildman–Crippen MR) is 99.7 cm³/mol. The molecule has 0 saturated carbocycles. The number of oxazole rings is 1. The minimum atomic E-state index is -3.92. The SMILES string of the molecule is Cc1ccc(C(C)CC#N)cc1Nc1nc(C(=O)NS(=O)(=O)N(C)C)co1. The Labute approximate surface area is 158 Å². The summed E-state index contributed by atoms with van der Waals surface area (Å²) in [5.41, 5.74) is 2.44. The maximum atomic E-state index is 12.0. The average molecular weight is 391 g/mol. The van der Waals surface area contributed by atoms with Crippen molar-refractivity contribution >= 4 is 27.8 Å². The van der Waals surface area contributed by atoms with Gasteiger partial charge in [0.2, 0.25) is 0 Å². The first kappa shape index (κ1) is 20.4. The number of anilines is 2. The van der Waals surface area contributed by atoms with E-state index < -0.39 is 16.1 Å². The number of rotatable bonds is 7. The minimum Gasteiger partial charge on any atom is -0.431 e. The van der Waals surface area contributed by atoms with Crippen LogP contribution >= 0.6 is 0 Å². The van der Waals surface area contributed by atoms with Crippen molar-refractivity contribution in [2.24, 2.45) is 0 Å². The van der Waals surface area contributed by atoms with Gasteiger partial charge in [-0.15, -0.1) is 0 Å². The number of nitriles is 1. The van der Waals surface area contributed by atoms with Crippen LogP contribution in [0.5, 0.6) is 0 Å². The van der Waals surface area contributed by atoms with E-state index in [9.17, 15) is 13.2 Å². The molecule has 2 rings (SSSR count). The van der Waals surface area contributed by atoms with E-state index >= 15 is 0 Å². The number of carbonyl (C=O) groups excluding carboxylic acids is 1. The highest BCUT2D eigenvalue weighted by atomic mass is 32.2. The van der Waals surface area contributed by atoms with Crippen LogP contribution in [-0.2, 0) is 10.2 Å². The van der Waals surface area contributed by atoms with Crippen LogP contribution < -0.4 is 10.0 Å². The molecule has 0 aliphatic carbocycles. The third-order valence-corrected chi connectivity index (χ3v) is 5.31. The highest BCUT2D eigenvalue weighted by molar-refractivity contribution is 7.87. The van der Waals surface area contributed by atoms with E-state index in [2.05, 4.69) is 16.4 Å². The number of carbonyl (C=O) groups is 1. The van der Waals surface area contributed by atoms with Gasteiger partial charge in [-0.25, -0.2) is 4.72 Å². The molecule has 10 heteroatoms. The summed E-state index contributed by atoms with van der Waals surface area (Å²) < 4.78 is 31.4. The molecule has 27 heavy (non-hydrogen) atoms. The molecular weight excluding hydrogens is 370 g/mol. The molecule has 2 aromatic rings. The van der Waals surface area contributed by atoms with E-state index in [0.717, 1.165) is 21.7 Å². The van der Waals surface area contributed by atoms with Gasteiger partial charge in [-0.1, -0.05) is 19.1 Å². The van der Waals surface area contributed by atoms with E-state index in [1.54, 1.807) is 0 Å². The molecule has 0 fully saturated rings. The van der Waals surface area contributed by atoms with Crippen LogP contribution in [-0.4, -0.2) is 37.7 Å². The molecule has 0 bridgehead atoms. The van der Waals surface area contributed by atoms with Crippen molar-refractivity contribution in [2.45, 2.75) is 26.2 Å². The van der Waals surface area contributed by atoms with Crippen molar-refractivity contribution in [1.82, 2.24) is 14.0 Å². The molecule has 1 atom stereocenters. The molecule has 0 saturated heterocycles. The molecular formula is C17H21N5O4S. The van der Waals surface area contributed by atoms with Crippen LogP contribution in [0.25, 0.3) is 0 Å². The Morgan fingerprint density at radius 2 is 2.11 bits per heavy atom. The van der Waals surface area contributed by atoms with Gasteiger partial charge in [0.15, 0.2) is 5.69 Å². The van der Waals surface area contributed by atoms with E-state index in [1.165, 1.54) is 14.1 Å². The largest absolute Gasteiger partial charge is 0.431 e. The lowest BCUT2D eigenvalue weighted by Gasteiger charge is -2.12. The number of benzene rings is 1. The summed E-state index contributed by atoms with van der Waals surface area (Å²) in [6.07, 6.45) is 1.46. The van der Waals surface area contributed by atoms with E-state index in [-0.39, 0.29) is 17.6 Å². The van der Waals surface area contributed by atoms with Crippen LogP contribution in [0.4, 0.5) is 11.7 Å². The van der Waals surface area contributed by atoms with E-state index in [4.69, 9.17) is 9.68 Å². The monoisotopic (exact) mass is 391 g/mol. The molecule has 1 aromatic carbocycles. The molecule has 0 spiro atoms. The zero-order valence-corrected chi connectivity index (χ0v) is 16.3. The number of nitrogens with zero attached hydrogens (tertiary/aromatic N) is 3. The van der Waals surface area contributed by atoms with Gasteiger partial charge >= 0.3 is 10.2 Å². The first-order valence-electron chi connectivity index (χ1n) is 8.08. The van der Waals surface area contributed by atoms with Crippen LogP contribution in [0, 0.1) is 18.3 Å². The fourth-order valence-corrected chi connectivity index (χ4v) is 2.67. The van der Waals surface area contributed by atoms with Gasteiger partial charge in [-0.3, -0.25) is 4.79 Å².